The third kappa shape index (κ3) is 3.45. The SMILES string of the molecule is CCC(OC(=O)c1cc(N)ccc1Br)C(=O)O. The number of carbonyl (C=O) groups excluding carboxylic acids is 1. The van der Waals surface area contributed by atoms with Crippen LogP contribution < -0.4 is 5.73 Å². The zero-order valence-corrected chi connectivity index (χ0v) is 10.7. The summed E-state index contributed by atoms with van der Waals surface area (Å²) in [5.41, 5.74) is 6.16. The zero-order chi connectivity index (χ0) is 13.0. The highest BCUT2D eigenvalue weighted by molar-refractivity contribution is 9.10. The van der Waals surface area contributed by atoms with E-state index in [9.17, 15) is 9.59 Å². The van der Waals surface area contributed by atoms with Crippen LogP contribution in [0.5, 0.6) is 0 Å². The van der Waals surface area contributed by atoms with Crippen LogP contribution in [0, 0.1) is 0 Å². The lowest BCUT2D eigenvalue weighted by Crippen LogP contribution is -2.26. The van der Waals surface area contributed by atoms with Gasteiger partial charge in [0.1, 0.15) is 0 Å². The molecular formula is C11H12BrNO4. The molecule has 6 heteroatoms. The number of ether oxygens (including phenoxy) is 1. The van der Waals surface area contributed by atoms with E-state index in [1.807, 2.05) is 0 Å². The molecule has 0 aliphatic heterocycles. The fourth-order valence-corrected chi connectivity index (χ4v) is 1.61. The highest BCUT2D eigenvalue weighted by Crippen LogP contribution is 2.21. The van der Waals surface area contributed by atoms with Gasteiger partial charge in [-0.25, -0.2) is 9.59 Å². The summed E-state index contributed by atoms with van der Waals surface area (Å²) >= 11 is 3.18. The Morgan fingerprint density at radius 1 is 1.53 bits per heavy atom. The molecule has 0 heterocycles. The molecule has 0 saturated heterocycles. The van der Waals surface area contributed by atoms with E-state index in [2.05, 4.69) is 15.9 Å². The molecule has 0 aliphatic rings. The summed E-state index contributed by atoms with van der Waals surface area (Å²) in [6.45, 7) is 1.63. The summed E-state index contributed by atoms with van der Waals surface area (Å²) in [7, 11) is 0. The number of anilines is 1. The highest BCUT2D eigenvalue weighted by atomic mass is 79.9. The quantitative estimate of drug-likeness (QED) is 0.656. The Labute approximate surface area is 107 Å². The molecule has 1 aromatic carbocycles. The maximum atomic E-state index is 11.7. The van der Waals surface area contributed by atoms with Crippen LogP contribution in [-0.4, -0.2) is 23.1 Å². The molecule has 0 aliphatic carbocycles. The van der Waals surface area contributed by atoms with Crippen LogP contribution in [0.1, 0.15) is 23.7 Å². The number of benzene rings is 1. The molecule has 3 N–H and O–H groups in total. The minimum Gasteiger partial charge on any atom is -0.479 e. The average Bonchev–Trinajstić information content (AvgIpc) is 2.28. The molecule has 1 atom stereocenters. The number of rotatable bonds is 4. The van der Waals surface area contributed by atoms with Crippen molar-refractivity contribution in [2.45, 2.75) is 19.4 Å². The van der Waals surface area contributed by atoms with Gasteiger partial charge in [-0.2, -0.15) is 0 Å². The summed E-state index contributed by atoms with van der Waals surface area (Å²) in [6, 6.07) is 4.66. The second-order valence-corrected chi connectivity index (χ2v) is 4.23. The number of hydrogen-bond acceptors (Lipinski definition) is 4. The van der Waals surface area contributed by atoms with Crippen molar-refractivity contribution in [1.82, 2.24) is 0 Å². The van der Waals surface area contributed by atoms with Crippen LogP contribution in [0.4, 0.5) is 5.69 Å². The van der Waals surface area contributed by atoms with Gasteiger partial charge < -0.3 is 15.6 Å². The van der Waals surface area contributed by atoms with Gasteiger partial charge in [-0.15, -0.1) is 0 Å². The topological polar surface area (TPSA) is 89.6 Å². The number of aliphatic carboxylic acids is 1. The van der Waals surface area contributed by atoms with Gasteiger partial charge in [0.25, 0.3) is 0 Å². The Morgan fingerprint density at radius 3 is 2.71 bits per heavy atom. The first kappa shape index (κ1) is 13.5. The molecule has 1 unspecified atom stereocenters. The lowest BCUT2D eigenvalue weighted by atomic mass is 10.2. The highest BCUT2D eigenvalue weighted by Gasteiger charge is 2.22. The summed E-state index contributed by atoms with van der Waals surface area (Å²) in [5.74, 6) is -1.88. The van der Waals surface area contributed by atoms with Crippen molar-refractivity contribution in [2.24, 2.45) is 0 Å². The minimum atomic E-state index is -1.17. The average molecular weight is 302 g/mol. The van der Waals surface area contributed by atoms with Crippen LogP contribution in [0.2, 0.25) is 0 Å². The third-order valence-corrected chi connectivity index (χ3v) is 2.80. The van der Waals surface area contributed by atoms with Gasteiger partial charge in [0, 0.05) is 10.2 Å². The molecular weight excluding hydrogens is 290 g/mol. The zero-order valence-electron chi connectivity index (χ0n) is 9.14. The summed E-state index contributed by atoms with van der Waals surface area (Å²) in [4.78, 5) is 22.5. The van der Waals surface area contributed by atoms with E-state index < -0.39 is 18.0 Å². The van der Waals surface area contributed by atoms with Gasteiger partial charge in [0.15, 0.2) is 6.10 Å². The Kier molecular flexibility index (Phi) is 4.51. The van der Waals surface area contributed by atoms with Gasteiger partial charge in [-0.3, -0.25) is 0 Å². The molecule has 92 valence electrons. The molecule has 5 nitrogen and oxygen atoms in total. The van der Waals surface area contributed by atoms with Crippen molar-refractivity contribution in [3.8, 4) is 0 Å². The Hall–Kier alpha value is -1.56. The van der Waals surface area contributed by atoms with Crippen molar-refractivity contribution < 1.29 is 19.4 Å². The first-order valence-electron chi connectivity index (χ1n) is 4.94. The third-order valence-electron chi connectivity index (χ3n) is 2.11. The van der Waals surface area contributed by atoms with Gasteiger partial charge >= 0.3 is 11.9 Å². The van der Waals surface area contributed by atoms with E-state index in [1.165, 1.54) is 6.07 Å². The first-order valence-corrected chi connectivity index (χ1v) is 5.73. The largest absolute Gasteiger partial charge is 0.479 e. The monoisotopic (exact) mass is 301 g/mol. The number of hydrogen-bond donors (Lipinski definition) is 2. The second kappa shape index (κ2) is 5.67. The fraction of sp³-hybridized carbons (Fsp3) is 0.273. The predicted octanol–water partition coefficient (Wildman–Crippen LogP) is 2.05. The number of esters is 1. The molecule has 17 heavy (non-hydrogen) atoms. The molecule has 1 rings (SSSR count). The van der Waals surface area contributed by atoms with Gasteiger partial charge in [0.2, 0.25) is 0 Å². The predicted molar refractivity (Wildman–Crippen MR) is 65.7 cm³/mol. The number of carboxylic acid groups (broad SMARTS) is 1. The van der Waals surface area contributed by atoms with Crippen molar-refractivity contribution in [2.75, 3.05) is 5.73 Å². The maximum absolute atomic E-state index is 11.7. The number of nitrogens with two attached hydrogens (primary N) is 1. The van der Waals surface area contributed by atoms with E-state index in [1.54, 1.807) is 19.1 Å². The van der Waals surface area contributed by atoms with Gasteiger partial charge in [0.05, 0.1) is 5.56 Å². The molecule has 0 radical (unpaired) electrons. The van der Waals surface area contributed by atoms with Crippen LogP contribution in [-0.2, 0) is 9.53 Å². The van der Waals surface area contributed by atoms with Crippen LogP contribution >= 0.6 is 15.9 Å². The maximum Gasteiger partial charge on any atom is 0.345 e. The van der Waals surface area contributed by atoms with Gasteiger partial charge in [-0.05, 0) is 40.5 Å². The molecule has 0 fully saturated rings. The fourth-order valence-electron chi connectivity index (χ4n) is 1.20. The summed E-state index contributed by atoms with van der Waals surface area (Å²) in [5, 5.41) is 8.78. The Morgan fingerprint density at radius 2 is 2.18 bits per heavy atom. The second-order valence-electron chi connectivity index (χ2n) is 3.38. The lowest BCUT2D eigenvalue weighted by molar-refractivity contribution is -0.147. The first-order chi connectivity index (χ1) is 7.95. The number of carbonyl (C=O) groups is 2. The molecule has 0 bridgehead atoms. The van der Waals surface area contributed by atoms with Crippen molar-refractivity contribution in [1.29, 1.82) is 0 Å². The Balaban J connectivity index is 2.89. The molecule has 0 saturated carbocycles. The van der Waals surface area contributed by atoms with Crippen LogP contribution in [0.3, 0.4) is 0 Å². The normalized spacial score (nSPS) is 11.9. The standard InChI is InChI=1S/C11H12BrNO4/c1-2-9(10(14)15)17-11(16)7-5-6(13)3-4-8(7)12/h3-5,9H,2,13H2,1H3,(H,14,15). The molecule has 1 aromatic rings. The number of nitrogen functional groups attached to an aromatic ring is 1. The van der Waals surface area contributed by atoms with E-state index in [-0.39, 0.29) is 12.0 Å². The molecule has 0 aromatic heterocycles. The van der Waals surface area contributed by atoms with Crippen LogP contribution in [0.15, 0.2) is 22.7 Å². The number of carboxylic acids is 1. The molecule has 0 amide bonds. The summed E-state index contributed by atoms with van der Waals surface area (Å²) in [6.07, 6.45) is -0.933. The smallest absolute Gasteiger partial charge is 0.345 e. The minimum absolute atomic E-state index is 0.209. The summed E-state index contributed by atoms with van der Waals surface area (Å²) < 4.78 is 5.37. The van der Waals surface area contributed by atoms with Gasteiger partial charge in [-0.1, -0.05) is 6.92 Å². The van der Waals surface area contributed by atoms with E-state index in [0.717, 1.165) is 0 Å². The van der Waals surface area contributed by atoms with Crippen LogP contribution in [0.25, 0.3) is 0 Å². The number of halogens is 1. The van der Waals surface area contributed by atoms with E-state index in [4.69, 9.17) is 15.6 Å². The lowest BCUT2D eigenvalue weighted by Gasteiger charge is -2.12. The van der Waals surface area contributed by atoms with E-state index in [0.29, 0.717) is 10.2 Å². The van der Waals surface area contributed by atoms with Crippen molar-refractivity contribution in [3.05, 3.63) is 28.2 Å². The van der Waals surface area contributed by atoms with E-state index >= 15 is 0 Å². The van der Waals surface area contributed by atoms with Crippen molar-refractivity contribution in [3.63, 3.8) is 0 Å². The Bertz CT molecular complexity index is 447. The molecule has 0 spiro atoms. The van der Waals surface area contributed by atoms with Crippen molar-refractivity contribution >= 4 is 33.6 Å².